The summed E-state index contributed by atoms with van der Waals surface area (Å²) < 4.78 is 3.18. The van der Waals surface area contributed by atoms with Gasteiger partial charge in [-0.1, -0.05) is 11.6 Å². The number of pyridine rings is 1. The summed E-state index contributed by atoms with van der Waals surface area (Å²) in [6.07, 6.45) is 9.12. The molecule has 1 aliphatic carbocycles. The van der Waals surface area contributed by atoms with E-state index < -0.39 is 0 Å². The number of nitrogens with one attached hydrogen (secondary N) is 1. The van der Waals surface area contributed by atoms with Crippen molar-refractivity contribution in [3.05, 3.63) is 39.5 Å². The van der Waals surface area contributed by atoms with Crippen molar-refractivity contribution < 1.29 is 0 Å². The summed E-state index contributed by atoms with van der Waals surface area (Å²) in [6, 6.07) is 0.496. The number of nitrogens with zero attached hydrogens (tertiary/aromatic N) is 3. The molecule has 1 N–H and O–H groups in total. The Hall–Kier alpha value is -1.07. The highest BCUT2D eigenvalue weighted by atomic mass is 79.9. The second kappa shape index (κ2) is 4.71. The minimum atomic E-state index is 0.102. The van der Waals surface area contributed by atoms with Crippen molar-refractivity contribution in [3.8, 4) is 0 Å². The van der Waals surface area contributed by atoms with Gasteiger partial charge in [-0.2, -0.15) is 0 Å². The third-order valence-electron chi connectivity index (χ3n) is 4.94. The lowest BCUT2D eigenvalue weighted by atomic mass is 9.81. The van der Waals surface area contributed by atoms with Crippen LogP contribution >= 0.6 is 27.5 Å². The van der Waals surface area contributed by atoms with E-state index in [1.54, 1.807) is 6.20 Å². The second-order valence-corrected chi connectivity index (χ2v) is 7.29. The number of anilines is 1. The van der Waals surface area contributed by atoms with Crippen LogP contribution in [0.4, 0.5) is 5.82 Å². The number of rotatable bonds is 1. The maximum absolute atomic E-state index is 6.57. The SMILES string of the molecule is Cc1nccn1C1CCC2(CNc3ncc(Br)c(Cl)c32)C1. The van der Waals surface area contributed by atoms with Crippen LogP contribution in [0.15, 0.2) is 23.1 Å². The topological polar surface area (TPSA) is 42.7 Å². The zero-order valence-corrected chi connectivity index (χ0v) is 14.1. The third kappa shape index (κ3) is 1.94. The van der Waals surface area contributed by atoms with Crippen molar-refractivity contribution in [3.63, 3.8) is 0 Å². The molecule has 1 spiro atoms. The molecule has 2 aromatic rings. The average molecular weight is 368 g/mol. The van der Waals surface area contributed by atoms with Gasteiger partial charge in [0.15, 0.2) is 0 Å². The molecule has 4 nitrogen and oxygen atoms in total. The molecule has 2 aromatic heterocycles. The normalized spacial score (nSPS) is 27.1. The number of halogens is 2. The summed E-state index contributed by atoms with van der Waals surface area (Å²) in [5.41, 5.74) is 1.30. The maximum Gasteiger partial charge on any atom is 0.131 e. The van der Waals surface area contributed by atoms with Gasteiger partial charge in [0.05, 0.1) is 9.50 Å². The molecule has 1 aliphatic heterocycles. The Labute approximate surface area is 137 Å². The predicted octanol–water partition coefficient (Wildman–Crippen LogP) is 4.09. The summed E-state index contributed by atoms with van der Waals surface area (Å²) >= 11 is 10.1. The molecule has 4 rings (SSSR count). The molecule has 2 aliphatic rings. The van der Waals surface area contributed by atoms with Gasteiger partial charge in [-0.05, 0) is 42.1 Å². The van der Waals surface area contributed by atoms with Crippen LogP contribution in [0, 0.1) is 6.92 Å². The fraction of sp³-hybridized carbons (Fsp3) is 0.467. The van der Waals surface area contributed by atoms with E-state index in [1.165, 1.54) is 5.56 Å². The highest BCUT2D eigenvalue weighted by Crippen LogP contribution is 2.54. The molecule has 0 radical (unpaired) electrons. The predicted molar refractivity (Wildman–Crippen MR) is 87.0 cm³/mol. The lowest BCUT2D eigenvalue weighted by Crippen LogP contribution is -2.25. The molecule has 0 bridgehead atoms. The Morgan fingerprint density at radius 3 is 3.10 bits per heavy atom. The van der Waals surface area contributed by atoms with Crippen molar-refractivity contribution in [2.24, 2.45) is 0 Å². The highest BCUT2D eigenvalue weighted by Gasteiger charge is 2.47. The molecule has 0 saturated heterocycles. The molecular formula is C15H16BrClN4. The molecule has 3 heterocycles. The van der Waals surface area contributed by atoms with Crippen molar-refractivity contribution in [1.29, 1.82) is 0 Å². The van der Waals surface area contributed by atoms with Crippen molar-refractivity contribution in [2.45, 2.75) is 37.6 Å². The van der Waals surface area contributed by atoms with E-state index in [4.69, 9.17) is 11.6 Å². The van der Waals surface area contributed by atoms with E-state index in [2.05, 4.69) is 48.9 Å². The third-order valence-corrected chi connectivity index (χ3v) is 6.16. The Balaban J connectivity index is 1.74. The van der Waals surface area contributed by atoms with Crippen LogP contribution in [0.3, 0.4) is 0 Å². The molecule has 110 valence electrons. The summed E-state index contributed by atoms with van der Waals surface area (Å²) in [5.74, 6) is 2.04. The number of imidazole rings is 1. The fourth-order valence-electron chi connectivity index (χ4n) is 3.92. The second-order valence-electron chi connectivity index (χ2n) is 6.06. The van der Waals surface area contributed by atoms with Crippen molar-refractivity contribution in [1.82, 2.24) is 14.5 Å². The Morgan fingerprint density at radius 2 is 2.33 bits per heavy atom. The van der Waals surface area contributed by atoms with E-state index in [-0.39, 0.29) is 5.41 Å². The minimum absolute atomic E-state index is 0.102. The summed E-state index contributed by atoms with van der Waals surface area (Å²) in [5, 5.41) is 4.25. The largest absolute Gasteiger partial charge is 0.369 e. The number of fused-ring (bicyclic) bond motifs is 2. The van der Waals surface area contributed by atoms with Crippen LogP contribution < -0.4 is 5.32 Å². The lowest BCUT2D eigenvalue weighted by molar-refractivity contribution is 0.438. The molecule has 1 saturated carbocycles. The molecule has 0 amide bonds. The molecule has 0 aromatic carbocycles. The number of aromatic nitrogens is 3. The van der Waals surface area contributed by atoms with Gasteiger partial charge in [0.1, 0.15) is 11.6 Å². The van der Waals surface area contributed by atoms with E-state index in [1.807, 2.05) is 6.20 Å². The van der Waals surface area contributed by atoms with Crippen LogP contribution in [0.25, 0.3) is 0 Å². The number of hydrogen-bond acceptors (Lipinski definition) is 3. The minimum Gasteiger partial charge on any atom is -0.369 e. The summed E-state index contributed by atoms with van der Waals surface area (Å²) in [7, 11) is 0. The van der Waals surface area contributed by atoms with Crippen LogP contribution in [-0.2, 0) is 5.41 Å². The molecule has 2 atom stereocenters. The molecule has 1 fully saturated rings. The van der Waals surface area contributed by atoms with Gasteiger partial charge in [0.25, 0.3) is 0 Å². The lowest BCUT2D eigenvalue weighted by Gasteiger charge is -2.25. The summed E-state index contributed by atoms with van der Waals surface area (Å²) in [6.45, 7) is 2.99. The van der Waals surface area contributed by atoms with Crippen LogP contribution in [0.2, 0.25) is 5.02 Å². The van der Waals surface area contributed by atoms with Crippen molar-refractivity contribution >= 4 is 33.3 Å². The first kappa shape index (κ1) is 13.6. The van der Waals surface area contributed by atoms with Gasteiger partial charge in [0, 0.05) is 42.2 Å². The van der Waals surface area contributed by atoms with E-state index in [9.17, 15) is 0 Å². The average Bonchev–Trinajstić information content (AvgIpc) is 3.15. The first-order chi connectivity index (χ1) is 10.1. The monoisotopic (exact) mass is 366 g/mol. The van der Waals surface area contributed by atoms with Gasteiger partial charge >= 0.3 is 0 Å². The van der Waals surface area contributed by atoms with E-state index in [0.29, 0.717) is 6.04 Å². The molecule has 6 heteroatoms. The zero-order chi connectivity index (χ0) is 14.6. The number of hydrogen-bond donors (Lipinski definition) is 1. The van der Waals surface area contributed by atoms with Crippen molar-refractivity contribution in [2.75, 3.05) is 11.9 Å². The Kier molecular flexibility index (Phi) is 3.05. The zero-order valence-electron chi connectivity index (χ0n) is 11.7. The molecule has 2 unspecified atom stereocenters. The Bertz CT molecular complexity index is 714. The van der Waals surface area contributed by atoms with E-state index >= 15 is 0 Å². The Morgan fingerprint density at radius 1 is 1.48 bits per heavy atom. The van der Waals surface area contributed by atoms with Gasteiger partial charge in [0.2, 0.25) is 0 Å². The van der Waals surface area contributed by atoms with Gasteiger partial charge in [-0.25, -0.2) is 9.97 Å². The van der Waals surface area contributed by atoms with Gasteiger partial charge < -0.3 is 9.88 Å². The smallest absolute Gasteiger partial charge is 0.131 e. The fourth-order valence-corrected chi connectivity index (χ4v) is 4.56. The molecular weight excluding hydrogens is 352 g/mol. The van der Waals surface area contributed by atoms with Crippen LogP contribution in [0.5, 0.6) is 0 Å². The standard InChI is InChI=1S/C15H16BrClN4/c1-9-18-4-5-21(9)10-2-3-15(6-10)8-20-14-12(15)13(17)11(16)7-19-14/h4-5,7,10H,2-3,6,8H2,1H3,(H,19,20). The van der Waals surface area contributed by atoms with Gasteiger partial charge in [-0.15, -0.1) is 0 Å². The van der Waals surface area contributed by atoms with Crippen LogP contribution in [-0.4, -0.2) is 21.1 Å². The first-order valence-electron chi connectivity index (χ1n) is 7.18. The number of aryl methyl sites for hydroxylation is 1. The maximum atomic E-state index is 6.57. The highest BCUT2D eigenvalue weighted by molar-refractivity contribution is 9.10. The van der Waals surface area contributed by atoms with Gasteiger partial charge in [-0.3, -0.25) is 0 Å². The van der Waals surface area contributed by atoms with Crippen LogP contribution in [0.1, 0.15) is 36.7 Å². The summed E-state index contributed by atoms with van der Waals surface area (Å²) in [4.78, 5) is 8.84. The quantitative estimate of drug-likeness (QED) is 0.825. The van der Waals surface area contributed by atoms with E-state index in [0.717, 1.165) is 46.9 Å². The first-order valence-corrected chi connectivity index (χ1v) is 8.36. The molecule has 21 heavy (non-hydrogen) atoms.